The van der Waals surface area contributed by atoms with Crippen LogP contribution in [0.15, 0.2) is 0 Å². The van der Waals surface area contributed by atoms with Crippen LogP contribution in [-0.2, 0) is 9.47 Å². The van der Waals surface area contributed by atoms with Crippen LogP contribution in [0.4, 0.5) is 0 Å². The average molecular weight is 215 g/mol. The van der Waals surface area contributed by atoms with Gasteiger partial charge in [-0.3, -0.25) is 0 Å². The van der Waals surface area contributed by atoms with Gasteiger partial charge in [0.15, 0.2) is 0 Å². The van der Waals surface area contributed by atoms with Gasteiger partial charge in [0, 0.05) is 7.11 Å². The number of hydrogen-bond donors (Lipinski definition) is 1. The van der Waals surface area contributed by atoms with Crippen LogP contribution in [0.25, 0.3) is 0 Å². The van der Waals surface area contributed by atoms with E-state index < -0.39 is 0 Å². The third-order valence-corrected chi connectivity index (χ3v) is 3.48. The van der Waals surface area contributed by atoms with Crippen LogP contribution in [0.1, 0.15) is 33.1 Å². The summed E-state index contributed by atoms with van der Waals surface area (Å²) >= 11 is 0. The Balaban J connectivity index is 2.16. The first-order chi connectivity index (χ1) is 7.13. The van der Waals surface area contributed by atoms with Gasteiger partial charge in [-0.25, -0.2) is 0 Å². The maximum absolute atomic E-state index is 5.81. The van der Waals surface area contributed by atoms with E-state index in [1.165, 1.54) is 19.3 Å². The number of methoxy groups -OCH3 is 1. The van der Waals surface area contributed by atoms with E-state index in [9.17, 15) is 0 Å². The van der Waals surface area contributed by atoms with Crippen molar-refractivity contribution in [3.63, 3.8) is 0 Å². The molecule has 0 aromatic carbocycles. The Bertz CT molecular complexity index is 175. The molecule has 0 bridgehead atoms. The fourth-order valence-corrected chi connectivity index (χ4v) is 2.17. The standard InChI is InChI=1S/C12H25NO2/c1-9-4-5-12(6-10(9)2)15-8-11(13)7-14-3/h9-12H,4-8,13H2,1-3H3. The van der Waals surface area contributed by atoms with Crippen LogP contribution >= 0.6 is 0 Å². The Morgan fingerprint density at radius 1 is 1.20 bits per heavy atom. The first kappa shape index (κ1) is 12.9. The fraction of sp³-hybridized carbons (Fsp3) is 1.00. The summed E-state index contributed by atoms with van der Waals surface area (Å²) in [6.45, 7) is 5.85. The Hall–Kier alpha value is -0.120. The van der Waals surface area contributed by atoms with E-state index in [2.05, 4.69) is 13.8 Å². The highest BCUT2D eigenvalue weighted by molar-refractivity contribution is 4.76. The predicted octanol–water partition coefficient (Wildman–Crippen LogP) is 1.80. The molecular weight excluding hydrogens is 190 g/mol. The van der Waals surface area contributed by atoms with Gasteiger partial charge in [0.25, 0.3) is 0 Å². The van der Waals surface area contributed by atoms with Crippen molar-refractivity contribution in [2.24, 2.45) is 17.6 Å². The molecule has 0 radical (unpaired) electrons. The number of rotatable bonds is 5. The Kier molecular flexibility index (Phi) is 5.58. The van der Waals surface area contributed by atoms with Gasteiger partial charge in [-0.05, 0) is 31.1 Å². The van der Waals surface area contributed by atoms with E-state index >= 15 is 0 Å². The van der Waals surface area contributed by atoms with Crippen molar-refractivity contribution in [2.45, 2.75) is 45.3 Å². The molecule has 0 aliphatic heterocycles. The van der Waals surface area contributed by atoms with Gasteiger partial charge < -0.3 is 15.2 Å². The minimum Gasteiger partial charge on any atom is -0.383 e. The summed E-state index contributed by atoms with van der Waals surface area (Å²) in [5.74, 6) is 1.62. The minimum atomic E-state index is 0.0182. The topological polar surface area (TPSA) is 44.5 Å². The van der Waals surface area contributed by atoms with Crippen LogP contribution in [0.2, 0.25) is 0 Å². The van der Waals surface area contributed by atoms with E-state index in [-0.39, 0.29) is 6.04 Å². The SMILES string of the molecule is COCC(N)COC1CCC(C)C(C)C1. The van der Waals surface area contributed by atoms with Gasteiger partial charge in [0.05, 0.1) is 25.4 Å². The zero-order valence-electron chi connectivity index (χ0n) is 10.2. The normalized spacial score (nSPS) is 34.0. The second kappa shape index (κ2) is 6.46. The molecule has 90 valence electrons. The predicted molar refractivity (Wildman–Crippen MR) is 61.8 cm³/mol. The zero-order valence-corrected chi connectivity index (χ0v) is 10.2. The van der Waals surface area contributed by atoms with Gasteiger partial charge in [-0.15, -0.1) is 0 Å². The van der Waals surface area contributed by atoms with Crippen LogP contribution in [-0.4, -0.2) is 32.5 Å². The number of ether oxygens (including phenoxy) is 2. The average Bonchev–Trinajstić information content (AvgIpc) is 2.20. The molecule has 2 N–H and O–H groups in total. The molecule has 0 aromatic heterocycles. The van der Waals surface area contributed by atoms with E-state index in [0.29, 0.717) is 19.3 Å². The third kappa shape index (κ3) is 4.49. The minimum absolute atomic E-state index is 0.0182. The van der Waals surface area contributed by atoms with Gasteiger partial charge in [-0.2, -0.15) is 0 Å². The maximum Gasteiger partial charge on any atom is 0.0643 e. The molecule has 1 aliphatic carbocycles. The summed E-state index contributed by atoms with van der Waals surface area (Å²) in [5.41, 5.74) is 5.81. The lowest BCUT2D eigenvalue weighted by molar-refractivity contribution is -0.0113. The molecule has 4 unspecified atom stereocenters. The van der Waals surface area contributed by atoms with Crippen LogP contribution in [0.3, 0.4) is 0 Å². The molecule has 0 amide bonds. The largest absolute Gasteiger partial charge is 0.383 e. The first-order valence-corrected chi connectivity index (χ1v) is 5.99. The highest BCUT2D eigenvalue weighted by atomic mass is 16.5. The van der Waals surface area contributed by atoms with Gasteiger partial charge in [-0.1, -0.05) is 13.8 Å². The van der Waals surface area contributed by atoms with E-state index in [1.807, 2.05) is 0 Å². The lowest BCUT2D eigenvalue weighted by Crippen LogP contribution is -2.35. The van der Waals surface area contributed by atoms with Crippen molar-refractivity contribution in [1.82, 2.24) is 0 Å². The molecule has 1 fully saturated rings. The Morgan fingerprint density at radius 2 is 1.93 bits per heavy atom. The zero-order chi connectivity index (χ0) is 11.3. The summed E-state index contributed by atoms with van der Waals surface area (Å²) in [4.78, 5) is 0. The summed E-state index contributed by atoms with van der Waals surface area (Å²) in [5, 5.41) is 0. The second-order valence-electron chi connectivity index (χ2n) is 4.94. The highest BCUT2D eigenvalue weighted by Crippen LogP contribution is 2.30. The Morgan fingerprint density at radius 3 is 2.53 bits per heavy atom. The van der Waals surface area contributed by atoms with Crippen molar-refractivity contribution >= 4 is 0 Å². The van der Waals surface area contributed by atoms with Crippen molar-refractivity contribution in [1.29, 1.82) is 0 Å². The molecule has 0 aromatic rings. The lowest BCUT2D eigenvalue weighted by atomic mass is 9.80. The highest BCUT2D eigenvalue weighted by Gasteiger charge is 2.25. The summed E-state index contributed by atoms with van der Waals surface area (Å²) < 4.78 is 10.8. The maximum atomic E-state index is 5.81. The molecule has 1 aliphatic rings. The van der Waals surface area contributed by atoms with Crippen LogP contribution in [0.5, 0.6) is 0 Å². The summed E-state index contributed by atoms with van der Waals surface area (Å²) in [7, 11) is 1.67. The fourth-order valence-electron chi connectivity index (χ4n) is 2.17. The van der Waals surface area contributed by atoms with Crippen molar-refractivity contribution in [2.75, 3.05) is 20.3 Å². The van der Waals surface area contributed by atoms with Gasteiger partial charge >= 0.3 is 0 Å². The monoisotopic (exact) mass is 215 g/mol. The third-order valence-electron chi connectivity index (χ3n) is 3.48. The molecular formula is C12H25NO2. The molecule has 3 heteroatoms. The molecule has 1 saturated carbocycles. The number of hydrogen-bond acceptors (Lipinski definition) is 3. The van der Waals surface area contributed by atoms with Crippen molar-refractivity contribution in [3.05, 3.63) is 0 Å². The van der Waals surface area contributed by atoms with Crippen molar-refractivity contribution in [3.8, 4) is 0 Å². The van der Waals surface area contributed by atoms with E-state index in [0.717, 1.165) is 11.8 Å². The lowest BCUT2D eigenvalue weighted by Gasteiger charge is -2.32. The molecule has 15 heavy (non-hydrogen) atoms. The smallest absolute Gasteiger partial charge is 0.0643 e. The molecule has 4 atom stereocenters. The van der Waals surface area contributed by atoms with Gasteiger partial charge in [0.2, 0.25) is 0 Å². The van der Waals surface area contributed by atoms with Crippen molar-refractivity contribution < 1.29 is 9.47 Å². The summed E-state index contributed by atoms with van der Waals surface area (Å²) in [6.07, 6.45) is 4.07. The van der Waals surface area contributed by atoms with E-state index in [1.54, 1.807) is 7.11 Å². The van der Waals surface area contributed by atoms with Gasteiger partial charge in [0.1, 0.15) is 0 Å². The Labute approximate surface area is 93.3 Å². The number of nitrogens with two attached hydrogens (primary N) is 1. The molecule has 3 nitrogen and oxygen atoms in total. The summed E-state index contributed by atoms with van der Waals surface area (Å²) in [6, 6.07) is 0.0182. The molecule has 0 heterocycles. The second-order valence-corrected chi connectivity index (χ2v) is 4.94. The molecule has 0 spiro atoms. The van der Waals surface area contributed by atoms with Crippen LogP contribution in [0, 0.1) is 11.8 Å². The van der Waals surface area contributed by atoms with Crippen LogP contribution < -0.4 is 5.73 Å². The molecule has 0 saturated heterocycles. The molecule has 1 rings (SSSR count). The first-order valence-electron chi connectivity index (χ1n) is 5.99. The van der Waals surface area contributed by atoms with E-state index in [4.69, 9.17) is 15.2 Å². The quantitative estimate of drug-likeness (QED) is 0.760.